The predicted octanol–water partition coefficient (Wildman–Crippen LogP) is 4.31. The van der Waals surface area contributed by atoms with Gasteiger partial charge in [-0.05, 0) is 42.7 Å². The van der Waals surface area contributed by atoms with Crippen molar-refractivity contribution in [3.8, 4) is 0 Å². The van der Waals surface area contributed by atoms with Gasteiger partial charge in [0.05, 0.1) is 0 Å². The third-order valence-electron chi connectivity index (χ3n) is 3.85. The van der Waals surface area contributed by atoms with Gasteiger partial charge in [0.15, 0.2) is 0 Å². The summed E-state index contributed by atoms with van der Waals surface area (Å²) in [6, 6.07) is 0. The van der Waals surface area contributed by atoms with Gasteiger partial charge in [-0.25, -0.2) is 0 Å². The fraction of sp³-hybridized carbons (Fsp3) is 0.467. The smallest absolute Gasteiger partial charge is 0.111 e. The van der Waals surface area contributed by atoms with E-state index in [1.165, 1.54) is 12.0 Å². The Kier molecular flexibility index (Phi) is 3.04. The summed E-state index contributed by atoms with van der Waals surface area (Å²) < 4.78 is 0. The van der Waals surface area contributed by atoms with Crippen LogP contribution in [-0.4, -0.2) is 5.11 Å². The van der Waals surface area contributed by atoms with Gasteiger partial charge in [0, 0.05) is 0 Å². The molecule has 0 aliphatic heterocycles. The van der Waals surface area contributed by atoms with Crippen molar-refractivity contribution in [1.82, 2.24) is 0 Å². The molecule has 2 rings (SSSR count). The van der Waals surface area contributed by atoms with Crippen LogP contribution in [0.25, 0.3) is 0 Å². The fourth-order valence-corrected chi connectivity index (χ4v) is 2.52. The van der Waals surface area contributed by atoms with Crippen molar-refractivity contribution < 1.29 is 5.11 Å². The molecule has 1 nitrogen and oxygen atoms in total. The summed E-state index contributed by atoms with van der Waals surface area (Å²) in [5.74, 6) is 0.908. The minimum absolute atomic E-state index is 0.193. The van der Waals surface area contributed by atoms with Gasteiger partial charge in [0.1, 0.15) is 5.76 Å². The Bertz CT molecular complexity index is 380. The van der Waals surface area contributed by atoms with Crippen LogP contribution in [0.1, 0.15) is 33.1 Å². The molecule has 0 bridgehead atoms. The molecule has 0 radical (unpaired) electrons. The van der Waals surface area contributed by atoms with E-state index in [1.54, 1.807) is 0 Å². The normalized spacial score (nSPS) is 25.2. The van der Waals surface area contributed by atoms with Crippen LogP contribution in [-0.2, 0) is 0 Å². The van der Waals surface area contributed by atoms with Crippen LogP contribution in [0, 0.1) is 11.3 Å². The summed E-state index contributed by atoms with van der Waals surface area (Å²) in [7, 11) is 0. The maximum Gasteiger partial charge on any atom is 0.111 e. The minimum Gasteiger partial charge on any atom is -0.508 e. The molecule has 1 heteroatoms. The first-order valence-corrected chi connectivity index (χ1v) is 6.04. The second kappa shape index (κ2) is 4.32. The van der Waals surface area contributed by atoms with Crippen LogP contribution in [0.5, 0.6) is 0 Å². The number of hydrogen-bond acceptors (Lipinski definition) is 1. The van der Waals surface area contributed by atoms with Gasteiger partial charge in [-0.15, -0.1) is 0 Å². The molecule has 86 valence electrons. The average molecular weight is 216 g/mol. The third-order valence-corrected chi connectivity index (χ3v) is 3.85. The number of aliphatic hydroxyl groups is 1. The second-order valence-electron chi connectivity index (χ2n) is 5.21. The highest BCUT2D eigenvalue weighted by Gasteiger charge is 2.31. The van der Waals surface area contributed by atoms with Crippen molar-refractivity contribution in [2.24, 2.45) is 11.3 Å². The Morgan fingerprint density at radius 2 is 2.19 bits per heavy atom. The van der Waals surface area contributed by atoms with E-state index >= 15 is 0 Å². The molecule has 1 N–H and O–H groups in total. The molecular weight excluding hydrogens is 196 g/mol. The molecule has 0 aromatic rings. The third kappa shape index (κ3) is 2.13. The van der Waals surface area contributed by atoms with E-state index in [2.05, 4.69) is 38.2 Å². The quantitative estimate of drug-likeness (QED) is 0.729. The first kappa shape index (κ1) is 11.3. The van der Waals surface area contributed by atoms with Crippen molar-refractivity contribution in [1.29, 1.82) is 0 Å². The number of hydrogen-bond donors (Lipinski definition) is 1. The van der Waals surface area contributed by atoms with E-state index in [-0.39, 0.29) is 5.41 Å². The van der Waals surface area contributed by atoms with Crippen LogP contribution in [0.3, 0.4) is 0 Å². The fourth-order valence-electron chi connectivity index (χ4n) is 2.52. The van der Waals surface area contributed by atoms with E-state index in [0.717, 1.165) is 12.8 Å². The summed E-state index contributed by atoms with van der Waals surface area (Å²) in [5, 5.41) is 9.35. The highest BCUT2D eigenvalue weighted by Crippen LogP contribution is 2.42. The molecule has 0 spiro atoms. The zero-order valence-corrected chi connectivity index (χ0v) is 10.1. The number of allylic oxidation sites excluding steroid dienone is 7. The Labute approximate surface area is 97.9 Å². The lowest BCUT2D eigenvalue weighted by Crippen LogP contribution is -2.26. The zero-order chi connectivity index (χ0) is 11.6. The lowest BCUT2D eigenvalue weighted by Gasteiger charge is -2.36. The van der Waals surface area contributed by atoms with Gasteiger partial charge in [-0.3, -0.25) is 0 Å². The molecule has 16 heavy (non-hydrogen) atoms. The molecule has 1 atom stereocenters. The van der Waals surface area contributed by atoms with Gasteiger partial charge in [-0.1, -0.05) is 43.7 Å². The Morgan fingerprint density at radius 1 is 1.38 bits per heavy atom. The monoisotopic (exact) mass is 216 g/mol. The molecule has 0 saturated carbocycles. The van der Waals surface area contributed by atoms with Crippen LogP contribution >= 0.6 is 0 Å². The molecule has 0 saturated heterocycles. The largest absolute Gasteiger partial charge is 0.508 e. The molecule has 0 heterocycles. The van der Waals surface area contributed by atoms with Crippen molar-refractivity contribution in [2.45, 2.75) is 33.1 Å². The summed E-state index contributed by atoms with van der Waals surface area (Å²) in [4.78, 5) is 0. The molecule has 0 amide bonds. The summed E-state index contributed by atoms with van der Waals surface area (Å²) >= 11 is 0. The maximum atomic E-state index is 9.35. The molecule has 0 aromatic carbocycles. The number of aliphatic hydroxyl groups excluding tert-OH is 1. The van der Waals surface area contributed by atoms with Crippen molar-refractivity contribution in [3.05, 3.63) is 47.8 Å². The first-order chi connectivity index (χ1) is 7.60. The standard InChI is InChI=1S/C15H20O/c1-15(2,12-6-4-3-5-7-12)13-8-10-14(16)11-9-13/h3-4,6,8,10-11,13,16H,5,7,9H2,1-2H3. The number of rotatable bonds is 2. The molecule has 0 fully saturated rings. The lowest BCUT2D eigenvalue weighted by molar-refractivity contribution is 0.302. The van der Waals surface area contributed by atoms with Crippen LogP contribution in [0.15, 0.2) is 47.8 Å². The van der Waals surface area contributed by atoms with Crippen molar-refractivity contribution in [2.75, 3.05) is 0 Å². The Balaban J connectivity index is 2.16. The first-order valence-electron chi connectivity index (χ1n) is 6.04. The minimum atomic E-state index is 0.193. The molecule has 2 aliphatic rings. The predicted molar refractivity (Wildman–Crippen MR) is 68.2 cm³/mol. The van der Waals surface area contributed by atoms with Gasteiger partial charge in [-0.2, -0.15) is 0 Å². The Hall–Kier alpha value is -1.24. The average Bonchev–Trinajstić information content (AvgIpc) is 2.31. The van der Waals surface area contributed by atoms with E-state index in [1.807, 2.05) is 12.2 Å². The van der Waals surface area contributed by atoms with E-state index in [0.29, 0.717) is 11.7 Å². The van der Waals surface area contributed by atoms with E-state index < -0.39 is 0 Å². The van der Waals surface area contributed by atoms with E-state index in [9.17, 15) is 5.11 Å². The molecule has 2 aliphatic carbocycles. The lowest BCUT2D eigenvalue weighted by atomic mass is 9.68. The summed E-state index contributed by atoms with van der Waals surface area (Å²) in [5.41, 5.74) is 1.72. The van der Waals surface area contributed by atoms with E-state index in [4.69, 9.17) is 0 Å². The molecule has 0 aromatic heterocycles. The van der Waals surface area contributed by atoms with Crippen LogP contribution in [0.2, 0.25) is 0 Å². The van der Waals surface area contributed by atoms with Crippen LogP contribution < -0.4 is 0 Å². The van der Waals surface area contributed by atoms with Crippen LogP contribution in [0.4, 0.5) is 0 Å². The topological polar surface area (TPSA) is 20.2 Å². The second-order valence-corrected chi connectivity index (χ2v) is 5.21. The molecular formula is C15H20O. The van der Waals surface area contributed by atoms with Crippen molar-refractivity contribution in [3.63, 3.8) is 0 Å². The maximum absolute atomic E-state index is 9.35. The Morgan fingerprint density at radius 3 is 2.75 bits per heavy atom. The summed E-state index contributed by atoms with van der Waals surface area (Å²) in [6.07, 6.45) is 15.8. The highest BCUT2D eigenvalue weighted by atomic mass is 16.3. The van der Waals surface area contributed by atoms with Crippen molar-refractivity contribution >= 4 is 0 Å². The summed E-state index contributed by atoms with van der Waals surface area (Å²) in [6.45, 7) is 4.62. The van der Waals surface area contributed by atoms with Gasteiger partial charge >= 0.3 is 0 Å². The highest BCUT2D eigenvalue weighted by molar-refractivity contribution is 5.28. The SMILES string of the molecule is CC(C)(C1=CC=CCC1)C1C=CC(O)=CC1. The van der Waals surface area contributed by atoms with Gasteiger partial charge < -0.3 is 5.11 Å². The van der Waals surface area contributed by atoms with Gasteiger partial charge in [0.2, 0.25) is 0 Å². The van der Waals surface area contributed by atoms with Gasteiger partial charge in [0.25, 0.3) is 0 Å². The molecule has 1 unspecified atom stereocenters. The zero-order valence-electron chi connectivity index (χ0n) is 10.1.